The predicted molar refractivity (Wildman–Crippen MR) is 71.2 cm³/mol. The maximum absolute atomic E-state index is 13.4. The third kappa shape index (κ3) is 2.87. The minimum atomic E-state index is -4.10. The topological polar surface area (TPSA) is 82.8 Å². The van der Waals surface area contributed by atoms with Gasteiger partial charge in [0.25, 0.3) is 10.0 Å². The summed E-state index contributed by atoms with van der Waals surface area (Å²) in [5.74, 6) is -0.816. The Bertz CT molecular complexity index is 803. The molecule has 0 radical (unpaired) electrons. The van der Waals surface area contributed by atoms with E-state index in [0.717, 1.165) is 12.3 Å². The fraction of sp³-hybridized carbons (Fsp3) is 0. The number of nitrogens with one attached hydrogen (secondary N) is 1. The number of anilines is 1. The van der Waals surface area contributed by atoms with E-state index in [1.54, 1.807) is 6.07 Å². The van der Waals surface area contributed by atoms with Crippen molar-refractivity contribution in [3.63, 3.8) is 0 Å². The highest BCUT2D eigenvalue weighted by Gasteiger charge is 2.20. The maximum Gasteiger partial charge on any atom is 0.263 e. The molecular weight excluding hydrogens is 305 g/mol. The van der Waals surface area contributed by atoms with Crippen molar-refractivity contribution in [2.45, 2.75) is 4.90 Å². The molecule has 0 fully saturated rings. The molecule has 0 amide bonds. The second-order valence-electron chi connectivity index (χ2n) is 3.72. The molecule has 1 heterocycles. The van der Waals surface area contributed by atoms with E-state index < -0.39 is 15.8 Å². The number of nitrogens with zero attached hydrogens (tertiary/aromatic N) is 2. The van der Waals surface area contributed by atoms with Crippen LogP contribution in [0.5, 0.6) is 0 Å². The molecule has 0 atom stereocenters. The predicted octanol–water partition coefficient (Wildman–Crippen LogP) is 2.55. The van der Waals surface area contributed by atoms with E-state index in [1.807, 2.05) is 0 Å². The normalized spacial score (nSPS) is 10.8. The fourth-order valence-electron chi connectivity index (χ4n) is 1.44. The Labute approximate surface area is 119 Å². The summed E-state index contributed by atoms with van der Waals surface area (Å²) in [6.45, 7) is 0. The van der Waals surface area contributed by atoms with Crippen molar-refractivity contribution < 1.29 is 12.8 Å². The Kier molecular flexibility index (Phi) is 3.88. The molecule has 0 aliphatic heterocycles. The van der Waals surface area contributed by atoms with Gasteiger partial charge < -0.3 is 0 Å². The van der Waals surface area contributed by atoms with Crippen LogP contribution >= 0.6 is 11.6 Å². The number of nitriles is 1. The number of hydrogen-bond donors (Lipinski definition) is 1. The lowest BCUT2D eigenvalue weighted by atomic mass is 10.2. The number of rotatable bonds is 3. The van der Waals surface area contributed by atoms with Gasteiger partial charge in [-0.3, -0.25) is 9.71 Å². The van der Waals surface area contributed by atoms with Crippen molar-refractivity contribution in [1.29, 1.82) is 5.26 Å². The van der Waals surface area contributed by atoms with Crippen molar-refractivity contribution in [3.8, 4) is 6.07 Å². The lowest BCUT2D eigenvalue weighted by molar-refractivity contribution is 0.598. The summed E-state index contributed by atoms with van der Waals surface area (Å²) in [5, 5.41) is 8.71. The quantitative estimate of drug-likeness (QED) is 0.944. The molecular formula is C12H7ClFN3O2S. The molecule has 102 valence electrons. The second-order valence-corrected chi connectivity index (χ2v) is 5.78. The van der Waals surface area contributed by atoms with Gasteiger partial charge in [-0.1, -0.05) is 11.6 Å². The van der Waals surface area contributed by atoms with Crippen molar-refractivity contribution in [2.75, 3.05) is 4.72 Å². The summed E-state index contributed by atoms with van der Waals surface area (Å²) in [4.78, 5) is 3.22. The highest BCUT2D eigenvalue weighted by molar-refractivity contribution is 7.92. The largest absolute Gasteiger partial charge is 0.276 e. The summed E-state index contributed by atoms with van der Waals surface area (Å²) in [6.07, 6.45) is 2.12. The summed E-state index contributed by atoms with van der Waals surface area (Å²) in [6, 6.07) is 6.77. The molecule has 0 aliphatic rings. The Balaban J connectivity index is 2.47. The van der Waals surface area contributed by atoms with Crippen LogP contribution in [-0.4, -0.2) is 13.4 Å². The Morgan fingerprint density at radius 3 is 2.75 bits per heavy atom. The number of hydrogen-bond acceptors (Lipinski definition) is 4. The first-order valence-corrected chi connectivity index (χ1v) is 7.12. The number of aromatic nitrogens is 1. The highest BCUT2D eigenvalue weighted by atomic mass is 35.5. The molecule has 2 aromatic rings. The van der Waals surface area contributed by atoms with Crippen molar-refractivity contribution >= 4 is 27.3 Å². The molecule has 0 unspecified atom stereocenters. The minimum Gasteiger partial charge on any atom is -0.276 e. The number of benzene rings is 1. The van der Waals surface area contributed by atoms with Crippen LogP contribution in [0.4, 0.5) is 10.1 Å². The Hall–Kier alpha value is -2.17. The van der Waals surface area contributed by atoms with Crippen LogP contribution in [-0.2, 0) is 10.0 Å². The zero-order chi connectivity index (χ0) is 14.8. The Morgan fingerprint density at radius 2 is 2.10 bits per heavy atom. The van der Waals surface area contributed by atoms with E-state index in [0.29, 0.717) is 0 Å². The van der Waals surface area contributed by atoms with Crippen LogP contribution in [0, 0.1) is 17.1 Å². The first kappa shape index (κ1) is 14.2. The van der Waals surface area contributed by atoms with Crippen LogP contribution in [0.2, 0.25) is 5.02 Å². The zero-order valence-corrected chi connectivity index (χ0v) is 11.4. The first-order chi connectivity index (χ1) is 9.44. The molecule has 0 saturated heterocycles. The van der Waals surface area contributed by atoms with Crippen molar-refractivity contribution in [1.82, 2.24) is 4.98 Å². The molecule has 5 nitrogen and oxygen atoms in total. The molecule has 0 spiro atoms. The first-order valence-electron chi connectivity index (χ1n) is 5.26. The molecule has 1 aromatic carbocycles. The van der Waals surface area contributed by atoms with E-state index in [-0.39, 0.29) is 21.2 Å². The van der Waals surface area contributed by atoms with Gasteiger partial charge in [0.05, 0.1) is 28.5 Å². The van der Waals surface area contributed by atoms with Crippen LogP contribution in [0.25, 0.3) is 0 Å². The standard InChI is InChI=1S/C12H7ClFN3O2S/c13-9-2-1-8(6-15)5-12(9)20(18,19)17-11-3-4-16-7-10(11)14/h1-5,7H,(H,16,17). The van der Waals surface area contributed by atoms with E-state index in [9.17, 15) is 12.8 Å². The van der Waals surface area contributed by atoms with Crippen LogP contribution in [0.1, 0.15) is 5.56 Å². The van der Waals surface area contributed by atoms with Crippen LogP contribution in [0.3, 0.4) is 0 Å². The minimum absolute atomic E-state index is 0.0639. The van der Waals surface area contributed by atoms with Gasteiger partial charge in [-0.05, 0) is 24.3 Å². The average molecular weight is 312 g/mol. The molecule has 2 rings (SSSR count). The second kappa shape index (κ2) is 5.45. The van der Waals surface area contributed by atoms with E-state index in [2.05, 4.69) is 9.71 Å². The van der Waals surface area contributed by atoms with E-state index in [1.165, 1.54) is 24.4 Å². The summed E-state index contributed by atoms with van der Waals surface area (Å²) >= 11 is 5.81. The van der Waals surface area contributed by atoms with Crippen LogP contribution in [0.15, 0.2) is 41.6 Å². The number of sulfonamides is 1. The third-order valence-corrected chi connectivity index (χ3v) is 4.21. The van der Waals surface area contributed by atoms with Gasteiger partial charge in [-0.2, -0.15) is 5.26 Å². The molecule has 0 bridgehead atoms. The van der Waals surface area contributed by atoms with Crippen molar-refractivity contribution in [3.05, 3.63) is 53.1 Å². The molecule has 1 N–H and O–H groups in total. The lowest BCUT2D eigenvalue weighted by Gasteiger charge is -2.10. The van der Waals surface area contributed by atoms with Gasteiger partial charge in [0.1, 0.15) is 4.90 Å². The van der Waals surface area contributed by atoms with Gasteiger partial charge in [-0.15, -0.1) is 0 Å². The van der Waals surface area contributed by atoms with Crippen LogP contribution < -0.4 is 4.72 Å². The molecule has 1 aromatic heterocycles. The lowest BCUT2D eigenvalue weighted by Crippen LogP contribution is -2.14. The average Bonchev–Trinajstić information content (AvgIpc) is 2.41. The summed E-state index contributed by atoms with van der Waals surface area (Å²) in [5.41, 5.74) is -0.122. The van der Waals surface area contributed by atoms with E-state index >= 15 is 0 Å². The molecule has 8 heteroatoms. The van der Waals surface area contributed by atoms with Gasteiger partial charge in [0.15, 0.2) is 5.82 Å². The van der Waals surface area contributed by atoms with Gasteiger partial charge in [-0.25, -0.2) is 12.8 Å². The Morgan fingerprint density at radius 1 is 1.35 bits per heavy atom. The smallest absolute Gasteiger partial charge is 0.263 e. The molecule has 0 aliphatic carbocycles. The SMILES string of the molecule is N#Cc1ccc(Cl)c(S(=O)(=O)Nc2ccncc2F)c1. The van der Waals surface area contributed by atoms with Gasteiger partial charge in [0.2, 0.25) is 0 Å². The number of halogens is 2. The third-order valence-electron chi connectivity index (χ3n) is 2.37. The number of pyridine rings is 1. The van der Waals surface area contributed by atoms with Gasteiger partial charge >= 0.3 is 0 Å². The highest BCUT2D eigenvalue weighted by Crippen LogP contribution is 2.25. The maximum atomic E-state index is 13.4. The zero-order valence-electron chi connectivity index (χ0n) is 9.84. The fourth-order valence-corrected chi connectivity index (χ4v) is 3.03. The molecule has 0 saturated carbocycles. The van der Waals surface area contributed by atoms with E-state index in [4.69, 9.17) is 16.9 Å². The molecule has 20 heavy (non-hydrogen) atoms. The summed E-state index contributed by atoms with van der Waals surface area (Å²) in [7, 11) is -4.10. The summed E-state index contributed by atoms with van der Waals surface area (Å²) < 4.78 is 39.8. The van der Waals surface area contributed by atoms with Crippen molar-refractivity contribution in [2.24, 2.45) is 0 Å². The van der Waals surface area contributed by atoms with Gasteiger partial charge in [0, 0.05) is 6.20 Å². The monoisotopic (exact) mass is 311 g/mol.